The third-order valence-electron chi connectivity index (χ3n) is 3.81. The summed E-state index contributed by atoms with van der Waals surface area (Å²) in [4.78, 5) is 17.1. The van der Waals surface area contributed by atoms with Crippen LogP contribution in [0.3, 0.4) is 0 Å². The van der Waals surface area contributed by atoms with Gasteiger partial charge in [0, 0.05) is 26.0 Å². The first-order valence-corrected chi connectivity index (χ1v) is 6.74. The van der Waals surface area contributed by atoms with Gasteiger partial charge < -0.3 is 10.6 Å². The molecule has 7 heteroatoms. The van der Waals surface area contributed by atoms with Crippen molar-refractivity contribution in [3.63, 3.8) is 0 Å². The lowest BCUT2D eigenvalue weighted by Gasteiger charge is -2.09. The molecule has 1 atom stereocenters. The van der Waals surface area contributed by atoms with Crippen molar-refractivity contribution in [3.8, 4) is 5.95 Å². The molecule has 1 aliphatic carbocycles. The fourth-order valence-corrected chi connectivity index (χ4v) is 2.19. The number of hydrogen-bond donors (Lipinski definition) is 2. The van der Waals surface area contributed by atoms with Crippen LogP contribution in [0.15, 0.2) is 18.7 Å². The molecule has 0 aliphatic heterocycles. The number of aromatic nitrogens is 5. The van der Waals surface area contributed by atoms with E-state index in [2.05, 4.69) is 44.4 Å². The maximum absolute atomic E-state index is 4.42. The first kappa shape index (κ1) is 12.8. The molecule has 2 N–H and O–H groups in total. The Labute approximate surface area is 117 Å². The number of hydrogen-bond acceptors (Lipinski definition) is 6. The second-order valence-corrected chi connectivity index (χ2v) is 5.77. The molecule has 1 fully saturated rings. The van der Waals surface area contributed by atoms with Crippen LogP contribution in [0.2, 0.25) is 0 Å². The van der Waals surface area contributed by atoms with Gasteiger partial charge in [-0.25, -0.2) is 4.98 Å². The molecule has 2 aromatic heterocycles. The van der Waals surface area contributed by atoms with E-state index in [0.29, 0.717) is 29.2 Å². The number of anilines is 2. The highest BCUT2D eigenvalue weighted by Gasteiger charge is 2.45. The smallest absolute Gasteiger partial charge is 0.241 e. The predicted octanol–water partition coefficient (Wildman–Crippen LogP) is 1.56. The molecule has 20 heavy (non-hydrogen) atoms. The molecule has 2 heterocycles. The van der Waals surface area contributed by atoms with E-state index >= 15 is 0 Å². The van der Waals surface area contributed by atoms with Crippen molar-refractivity contribution in [2.75, 3.05) is 24.2 Å². The van der Waals surface area contributed by atoms with Gasteiger partial charge in [-0.15, -0.1) is 0 Å². The zero-order valence-corrected chi connectivity index (χ0v) is 12.0. The normalized spacial score (nSPS) is 19.6. The third-order valence-corrected chi connectivity index (χ3v) is 3.81. The Balaban J connectivity index is 1.78. The molecule has 1 saturated carbocycles. The largest absolute Gasteiger partial charge is 0.357 e. The van der Waals surface area contributed by atoms with Crippen molar-refractivity contribution in [1.82, 2.24) is 24.5 Å². The van der Waals surface area contributed by atoms with Gasteiger partial charge in [0.25, 0.3) is 0 Å². The van der Waals surface area contributed by atoms with E-state index in [-0.39, 0.29) is 0 Å². The molecule has 1 unspecified atom stereocenters. The predicted molar refractivity (Wildman–Crippen MR) is 76.9 cm³/mol. The summed E-state index contributed by atoms with van der Waals surface area (Å²) in [5.74, 6) is 2.38. The minimum Gasteiger partial charge on any atom is -0.357 e. The molecule has 0 spiro atoms. The van der Waals surface area contributed by atoms with Crippen molar-refractivity contribution in [1.29, 1.82) is 0 Å². The Morgan fingerprint density at radius 1 is 1.30 bits per heavy atom. The Kier molecular flexibility index (Phi) is 3.04. The van der Waals surface area contributed by atoms with Crippen LogP contribution in [0.1, 0.15) is 20.3 Å². The highest BCUT2D eigenvalue weighted by molar-refractivity contribution is 5.37. The Morgan fingerprint density at radius 3 is 2.65 bits per heavy atom. The average Bonchev–Trinajstić information content (AvgIpc) is 2.84. The lowest BCUT2D eigenvalue weighted by atomic mass is 10.1. The molecular weight excluding hydrogens is 254 g/mol. The maximum Gasteiger partial charge on any atom is 0.241 e. The minimum absolute atomic E-state index is 0.443. The van der Waals surface area contributed by atoms with Crippen LogP contribution >= 0.6 is 0 Å². The van der Waals surface area contributed by atoms with E-state index in [1.165, 1.54) is 6.42 Å². The summed E-state index contributed by atoms with van der Waals surface area (Å²) in [6.07, 6.45) is 6.42. The molecule has 0 saturated heterocycles. The third kappa shape index (κ3) is 2.56. The Morgan fingerprint density at radius 2 is 2.05 bits per heavy atom. The minimum atomic E-state index is 0.443. The number of nitrogens with zero attached hydrogens (tertiary/aromatic N) is 5. The van der Waals surface area contributed by atoms with Gasteiger partial charge in [0.05, 0.1) is 0 Å². The zero-order valence-electron chi connectivity index (χ0n) is 12.0. The highest BCUT2D eigenvalue weighted by Crippen LogP contribution is 2.51. The number of nitrogens with one attached hydrogen (secondary N) is 2. The van der Waals surface area contributed by atoms with Crippen molar-refractivity contribution < 1.29 is 0 Å². The fraction of sp³-hybridized carbons (Fsp3) is 0.538. The summed E-state index contributed by atoms with van der Waals surface area (Å²) in [6, 6.07) is 0. The van der Waals surface area contributed by atoms with E-state index in [4.69, 9.17) is 0 Å². The molecule has 0 bridgehead atoms. The quantitative estimate of drug-likeness (QED) is 0.860. The van der Waals surface area contributed by atoms with Gasteiger partial charge in [0.2, 0.25) is 17.8 Å². The fourth-order valence-electron chi connectivity index (χ4n) is 2.19. The summed E-state index contributed by atoms with van der Waals surface area (Å²) in [6.45, 7) is 5.45. The van der Waals surface area contributed by atoms with Crippen molar-refractivity contribution in [2.24, 2.45) is 11.3 Å². The van der Waals surface area contributed by atoms with Crippen LogP contribution in [0.4, 0.5) is 11.9 Å². The lowest BCUT2D eigenvalue weighted by molar-refractivity contribution is 0.572. The summed E-state index contributed by atoms with van der Waals surface area (Å²) in [5, 5.41) is 6.26. The lowest BCUT2D eigenvalue weighted by Crippen LogP contribution is -2.13. The van der Waals surface area contributed by atoms with Crippen molar-refractivity contribution in [2.45, 2.75) is 20.3 Å². The van der Waals surface area contributed by atoms with E-state index in [9.17, 15) is 0 Å². The van der Waals surface area contributed by atoms with Gasteiger partial charge in [-0.1, -0.05) is 13.8 Å². The first-order chi connectivity index (χ1) is 9.58. The number of rotatable bonds is 5. The molecule has 0 aromatic carbocycles. The summed E-state index contributed by atoms with van der Waals surface area (Å²) in [5.41, 5.74) is 0.443. The molecule has 1 aliphatic rings. The summed E-state index contributed by atoms with van der Waals surface area (Å²) < 4.78 is 1.76. The van der Waals surface area contributed by atoms with Gasteiger partial charge in [0.1, 0.15) is 6.33 Å². The molecule has 7 nitrogen and oxygen atoms in total. The van der Waals surface area contributed by atoms with Crippen LogP contribution in [-0.2, 0) is 0 Å². The summed E-state index contributed by atoms with van der Waals surface area (Å²) in [7, 11) is 1.79. The van der Waals surface area contributed by atoms with E-state index in [0.717, 1.165) is 6.54 Å². The maximum atomic E-state index is 4.42. The molecule has 106 valence electrons. The molecule has 0 amide bonds. The second-order valence-electron chi connectivity index (χ2n) is 5.77. The van der Waals surface area contributed by atoms with E-state index in [1.54, 1.807) is 24.1 Å². The van der Waals surface area contributed by atoms with Gasteiger partial charge in [-0.2, -0.15) is 15.0 Å². The van der Waals surface area contributed by atoms with Crippen LogP contribution in [0.5, 0.6) is 0 Å². The van der Waals surface area contributed by atoms with E-state index in [1.807, 2.05) is 6.20 Å². The SMILES string of the molecule is CNc1nc(NCC2CC2(C)C)nc(-n2ccnc2)n1. The molecule has 2 aromatic rings. The standard InChI is InChI=1S/C13H19N7/c1-13(2)6-9(13)7-16-11-17-10(14-3)18-12(19-11)20-5-4-15-8-20/h4-5,8-9H,6-7H2,1-3H3,(H2,14,16,17,18,19). The van der Waals surface area contributed by atoms with Crippen LogP contribution in [0.25, 0.3) is 5.95 Å². The first-order valence-electron chi connectivity index (χ1n) is 6.74. The highest BCUT2D eigenvalue weighted by atomic mass is 15.3. The van der Waals surface area contributed by atoms with Crippen molar-refractivity contribution >= 4 is 11.9 Å². The van der Waals surface area contributed by atoms with Gasteiger partial charge in [-0.05, 0) is 17.8 Å². The van der Waals surface area contributed by atoms with Crippen LogP contribution in [-0.4, -0.2) is 38.1 Å². The zero-order chi connectivity index (χ0) is 14.2. The van der Waals surface area contributed by atoms with E-state index < -0.39 is 0 Å². The van der Waals surface area contributed by atoms with Gasteiger partial charge in [-0.3, -0.25) is 4.57 Å². The van der Waals surface area contributed by atoms with Crippen molar-refractivity contribution in [3.05, 3.63) is 18.7 Å². The molecule has 0 radical (unpaired) electrons. The topological polar surface area (TPSA) is 80.5 Å². The monoisotopic (exact) mass is 273 g/mol. The molecular formula is C13H19N7. The van der Waals surface area contributed by atoms with Gasteiger partial charge >= 0.3 is 0 Å². The average molecular weight is 273 g/mol. The number of imidazole rings is 1. The van der Waals surface area contributed by atoms with Crippen LogP contribution < -0.4 is 10.6 Å². The van der Waals surface area contributed by atoms with Crippen LogP contribution in [0, 0.1) is 11.3 Å². The second kappa shape index (κ2) is 4.73. The Hall–Kier alpha value is -2.18. The summed E-state index contributed by atoms with van der Waals surface area (Å²) >= 11 is 0. The molecule has 3 rings (SSSR count). The Bertz CT molecular complexity index is 591. The van der Waals surface area contributed by atoms with Gasteiger partial charge in [0.15, 0.2) is 0 Å².